The third-order valence-corrected chi connectivity index (χ3v) is 4.91. The summed E-state index contributed by atoms with van der Waals surface area (Å²) in [6, 6.07) is 0. The molecule has 24 heavy (non-hydrogen) atoms. The molecule has 1 atom stereocenters. The minimum absolute atomic E-state index is 0.364. The Hall–Kier alpha value is -0.120. The quantitative estimate of drug-likeness (QED) is 0.163. The first-order chi connectivity index (χ1) is 11.9. The van der Waals surface area contributed by atoms with Gasteiger partial charge in [-0.2, -0.15) is 0 Å². The molecule has 0 aromatic rings. The summed E-state index contributed by atoms with van der Waals surface area (Å²) in [6.07, 6.45) is 23.1. The fourth-order valence-corrected chi connectivity index (χ4v) is 3.13. The highest BCUT2D eigenvalue weighted by Crippen LogP contribution is 2.13. The number of hydrogen-bond acceptors (Lipinski definition) is 3. The van der Waals surface area contributed by atoms with E-state index in [1.165, 1.54) is 103 Å². The molecular formula is C21H43NO2. The summed E-state index contributed by atoms with van der Waals surface area (Å²) < 4.78 is 5.08. The molecule has 1 N–H and O–H groups in total. The van der Waals surface area contributed by atoms with Crippen LogP contribution in [0.3, 0.4) is 0 Å². The Balaban J connectivity index is 1.59. The fourth-order valence-electron chi connectivity index (χ4n) is 3.13. The van der Waals surface area contributed by atoms with Gasteiger partial charge in [0.2, 0.25) is 0 Å². The Kier molecular flexibility index (Phi) is 16.2. The van der Waals surface area contributed by atoms with Gasteiger partial charge in [0, 0.05) is 6.54 Å². The minimum Gasteiger partial charge on any atom is -0.371 e. The van der Waals surface area contributed by atoms with Gasteiger partial charge in [-0.05, 0) is 6.42 Å². The highest BCUT2D eigenvalue weighted by atomic mass is 16.7. The van der Waals surface area contributed by atoms with Crippen molar-refractivity contribution in [2.75, 3.05) is 19.8 Å². The molecule has 1 fully saturated rings. The molecule has 1 aliphatic heterocycles. The number of hydroxylamine groups is 1. The van der Waals surface area contributed by atoms with Crippen molar-refractivity contribution in [2.45, 2.75) is 116 Å². The van der Waals surface area contributed by atoms with Crippen LogP contribution in [0.1, 0.15) is 110 Å². The van der Waals surface area contributed by atoms with Crippen LogP contribution in [0.5, 0.6) is 0 Å². The van der Waals surface area contributed by atoms with Crippen molar-refractivity contribution in [3.05, 3.63) is 0 Å². The van der Waals surface area contributed by atoms with E-state index >= 15 is 0 Å². The molecule has 0 radical (unpaired) electrons. The highest BCUT2D eigenvalue weighted by Gasteiger charge is 2.22. The van der Waals surface area contributed by atoms with Crippen molar-refractivity contribution in [3.63, 3.8) is 0 Å². The van der Waals surface area contributed by atoms with E-state index < -0.39 is 0 Å². The van der Waals surface area contributed by atoms with Gasteiger partial charge in [-0.15, -0.1) is 0 Å². The van der Waals surface area contributed by atoms with Crippen molar-refractivity contribution in [1.29, 1.82) is 0 Å². The average molecular weight is 342 g/mol. The summed E-state index contributed by atoms with van der Waals surface area (Å²) in [4.78, 5) is 5.31. The molecule has 0 aromatic carbocycles. The summed E-state index contributed by atoms with van der Waals surface area (Å²) >= 11 is 0. The summed E-state index contributed by atoms with van der Waals surface area (Å²) in [5, 5.41) is 0. The van der Waals surface area contributed by atoms with Gasteiger partial charge in [-0.1, -0.05) is 103 Å². The van der Waals surface area contributed by atoms with Crippen LogP contribution in [-0.4, -0.2) is 25.9 Å². The molecule has 0 spiro atoms. The zero-order chi connectivity index (χ0) is 17.1. The molecule has 3 nitrogen and oxygen atoms in total. The van der Waals surface area contributed by atoms with Crippen LogP contribution in [0.25, 0.3) is 0 Å². The van der Waals surface area contributed by atoms with E-state index in [0.717, 1.165) is 13.2 Å². The first-order valence-electron chi connectivity index (χ1n) is 10.9. The SMILES string of the molecule is CCCCCCCCCCCCCCCCCCNOCC1CO1. The van der Waals surface area contributed by atoms with Gasteiger partial charge in [0.05, 0.1) is 13.2 Å². The van der Waals surface area contributed by atoms with E-state index in [1.807, 2.05) is 0 Å². The van der Waals surface area contributed by atoms with E-state index in [9.17, 15) is 0 Å². The Morgan fingerprint density at radius 2 is 1.12 bits per heavy atom. The molecule has 1 heterocycles. The van der Waals surface area contributed by atoms with Crippen molar-refractivity contribution in [2.24, 2.45) is 0 Å². The van der Waals surface area contributed by atoms with E-state index in [-0.39, 0.29) is 0 Å². The second kappa shape index (κ2) is 17.7. The van der Waals surface area contributed by atoms with Gasteiger partial charge in [-0.25, -0.2) is 5.48 Å². The zero-order valence-corrected chi connectivity index (χ0v) is 16.3. The third-order valence-electron chi connectivity index (χ3n) is 4.91. The first kappa shape index (κ1) is 21.9. The van der Waals surface area contributed by atoms with E-state index in [1.54, 1.807) is 0 Å². The van der Waals surface area contributed by atoms with E-state index in [0.29, 0.717) is 12.7 Å². The minimum atomic E-state index is 0.364. The van der Waals surface area contributed by atoms with Crippen LogP contribution >= 0.6 is 0 Å². The molecule has 3 heteroatoms. The lowest BCUT2D eigenvalue weighted by Gasteiger charge is -2.05. The molecular weight excluding hydrogens is 298 g/mol. The fraction of sp³-hybridized carbons (Fsp3) is 1.00. The van der Waals surface area contributed by atoms with Crippen LogP contribution in [0.2, 0.25) is 0 Å². The predicted molar refractivity (Wildman–Crippen MR) is 103 cm³/mol. The summed E-state index contributed by atoms with van der Waals surface area (Å²) in [7, 11) is 0. The molecule has 0 aliphatic carbocycles. The summed E-state index contributed by atoms with van der Waals surface area (Å²) in [5.74, 6) is 0. The molecule has 0 amide bonds. The highest BCUT2D eigenvalue weighted by molar-refractivity contribution is 4.66. The van der Waals surface area contributed by atoms with Crippen molar-refractivity contribution in [3.8, 4) is 0 Å². The molecule has 0 saturated carbocycles. The number of nitrogens with one attached hydrogen (secondary N) is 1. The maximum absolute atomic E-state index is 5.31. The standard InChI is InChI=1S/C21H43NO2/c1-2-3-4-5-6-7-8-9-10-11-12-13-14-15-16-17-18-22-24-20-21-19-23-21/h21-22H,2-20H2,1H3. The number of unbranched alkanes of at least 4 members (excludes halogenated alkanes) is 15. The van der Waals surface area contributed by atoms with Gasteiger partial charge < -0.3 is 4.74 Å². The second-order valence-corrected chi connectivity index (χ2v) is 7.46. The number of epoxide rings is 1. The van der Waals surface area contributed by atoms with Crippen LogP contribution < -0.4 is 5.48 Å². The van der Waals surface area contributed by atoms with Crippen molar-refractivity contribution >= 4 is 0 Å². The monoisotopic (exact) mass is 341 g/mol. The normalized spacial score (nSPS) is 16.6. The summed E-state index contributed by atoms with van der Waals surface area (Å²) in [5.41, 5.74) is 3.03. The number of rotatable bonds is 20. The zero-order valence-electron chi connectivity index (χ0n) is 16.3. The van der Waals surface area contributed by atoms with Crippen LogP contribution in [-0.2, 0) is 9.57 Å². The summed E-state index contributed by atoms with van der Waals surface area (Å²) in [6.45, 7) is 4.85. The van der Waals surface area contributed by atoms with Crippen LogP contribution in [0.15, 0.2) is 0 Å². The molecule has 1 unspecified atom stereocenters. The average Bonchev–Trinajstić information content (AvgIpc) is 3.41. The predicted octanol–water partition coefficient (Wildman–Crippen LogP) is 6.17. The Labute approximate surface area is 151 Å². The van der Waals surface area contributed by atoms with Gasteiger partial charge in [0.1, 0.15) is 6.10 Å². The number of ether oxygens (including phenoxy) is 1. The lowest BCUT2D eigenvalue weighted by atomic mass is 10.0. The molecule has 0 bridgehead atoms. The van der Waals surface area contributed by atoms with E-state index in [2.05, 4.69) is 12.4 Å². The Morgan fingerprint density at radius 1 is 0.708 bits per heavy atom. The molecule has 1 rings (SSSR count). The van der Waals surface area contributed by atoms with Crippen molar-refractivity contribution < 1.29 is 9.57 Å². The van der Waals surface area contributed by atoms with Gasteiger partial charge in [0.25, 0.3) is 0 Å². The molecule has 1 aliphatic rings. The number of hydrogen-bond donors (Lipinski definition) is 1. The van der Waals surface area contributed by atoms with Gasteiger partial charge >= 0.3 is 0 Å². The van der Waals surface area contributed by atoms with Crippen molar-refractivity contribution in [1.82, 2.24) is 5.48 Å². The topological polar surface area (TPSA) is 33.8 Å². The third kappa shape index (κ3) is 16.7. The Bertz CT molecular complexity index is 244. The van der Waals surface area contributed by atoms with Crippen LogP contribution in [0.4, 0.5) is 0 Å². The lowest BCUT2D eigenvalue weighted by Crippen LogP contribution is -2.18. The van der Waals surface area contributed by atoms with Gasteiger partial charge in [-0.3, -0.25) is 4.84 Å². The second-order valence-electron chi connectivity index (χ2n) is 7.46. The largest absolute Gasteiger partial charge is 0.371 e. The smallest absolute Gasteiger partial charge is 0.106 e. The van der Waals surface area contributed by atoms with Crippen LogP contribution in [0, 0.1) is 0 Å². The molecule has 144 valence electrons. The van der Waals surface area contributed by atoms with Gasteiger partial charge in [0.15, 0.2) is 0 Å². The maximum atomic E-state index is 5.31. The maximum Gasteiger partial charge on any atom is 0.106 e. The Morgan fingerprint density at radius 3 is 1.54 bits per heavy atom. The lowest BCUT2D eigenvalue weighted by molar-refractivity contribution is 0.0301. The molecule has 1 saturated heterocycles. The first-order valence-corrected chi connectivity index (χ1v) is 10.9. The van der Waals surface area contributed by atoms with E-state index in [4.69, 9.17) is 9.57 Å². The molecule has 0 aromatic heterocycles.